The molecule has 21 heteroatoms. The molecule has 83 heavy (non-hydrogen) atoms. The van der Waals surface area contributed by atoms with E-state index < -0.39 is 41.1 Å². The summed E-state index contributed by atoms with van der Waals surface area (Å²) >= 11 is 1.57. The molecule has 5 aromatic rings. The van der Waals surface area contributed by atoms with Crippen molar-refractivity contribution in [1.82, 2.24) is 35.9 Å². The molecule has 3 aliphatic heterocycles. The number of piperazine rings is 1. The summed E-state index contributed by atoms with van der Waals surface area (Å²) in [6.45, 7) is 12.6. The van der Waals surface area contributed by atoms with Crippen LogP contribution in [-0.4, -0.2) is 144 Å². The summed E-state index contributed by atoms with van der Waals surface area (Å²) in [5.74, 6) is -2.32. The van der Waals surface area contributed by atoms with E-state index in [9.17, 15) is 37.9 Å². The number of allylic oxidation sites excluding steroid dienone is 1. The minimum Gasteiger partial charge on any atom is -0.401 e. The number of carbonyl (C=O) groups is 5. The molecule has 0 unspecified atom stereocenters. The zero-order chi connectivity index (χ0) is 59.2. The zero-order valence-electron chi connectivity index (χ0n) is 48.4. The van der Waals surface area contributed by atoms with Crippen molar-refractivity contribution in [3.63, 3.8) is 0 Å². The van der Waals surface area contributed by atoms with E-state index in [1.807, 2.05) is 94.6 Å². The van der Waals surface area contributed by atoms with Crippen LogP contribution in [0.25, 0.3) is 15.8 Å². The molecule has 0 aliphatic carbocycles. The number of ether oxygens (including phenoxy) is 1. The lowest BCUT2D eigenvalue weighted by atomic mass is 9.85. The van der Waals surface area contributed by atoms with Gasteiger partial charge in [-0.2, -0.15) is 5.10 Å². The second kappa shape index (κ2) is 29.0. The van der Waals surface area contributed by atoms with Crippen molar-refractivity contribution in [3.05, 3.63) is 124 Å². The molecular formula is C62H81F2N11O7S. The monoisotopic (exact) mass is 1160 g/mol. The first kappa shape index (κ1) is 62.0. The number of hydrogen-bond donors (Lipinski definition) is 8. The van der Waals surface area contributed by atoms with Crippen LogP contribution in [0.5, 0.6) is 0 Å². The number of aliphatic hydroxyl groups excluding tert-OH is 1. The van der Waals surface area contributed by atoms with E-state index in [1.165, 1.54) is 17.0 Å². The molecule has 5 amide bonds. The quantitative estimate of drug-likeness (QED) is 0.0277. The minimum absolute atomic E-state index is 0.000413. The molecule has 446 valence electrons. The fourth-order valence-corrected chi connectivity index (χ4v) is 11.7. The number of nitrogens with one attached hydrogen (secondary N) is 6. The highest BCUT2D eigenvalue weighted by molar-refractivity contribution is 8.07. The van der Waals surface area contributed by atoms with Crippen LogP contribution < -0.4 is 37.2 Å². The third kappa shape index (κ3) is 17.3. The van der Waals surface area contributed by atoms with E-state index >= 15 is 0 Å². The Morgan fingerprint density at radius 2 is 1.54 bits per heavy atom. The Labute approximate surface area is 489 Å². The molecule has 3 saturated heterocycles. The average Bonchev–Trinajstić information content (AvgIpc) is 4.17. The number of thioether (sulfide) groups is 1. The van der Waals surface area contributed by atoms with Gasteiger partial charge in [-0.15, -0.1) is 11.8 Å². The number of benzene rings is 4. The van der Waals surface area contributed by atoms with Crippen molar-refractivity contribution >= 4 is 74.3 Å². The van der Waals surface area contributed by atoms with Crippen molar-refractivity contribution in [2.45, 2.75) is 123 Å². The van der Waals surface area contributed by atoms with Crippen LogP contribution in [-0.2, 0) is 36.9 Å². The zero-order valence-corrected chi connectivity index (χ0v) is 49.2. The van der Waals surface area contributed by atoms with Gasteiger partial charge < -0.3 is 52.0 Å². The first-order chi connectivity index (χ1) is 39.8. The molecule has 0 saturated carbocycles. The van der Waals surface area contributed by atoms with Gasteiger partial charge in [-0.3, -0.25) is 34.0 Å². The van der Waals surface area contributed by atoms with Crippen molar-refractivity contribution in [3.8, 4) is 0 Å². The highest BCUT2D eigenvalue weighted by atomic mass is 32.2. The first-order valence-electron chi connectivity index (χ1n) is 28.9. The van der Waals surface area contributed by atoms with Crippen molar-refractivity contribution in [2.75, 3.05) is 80.8 Å². The minimum atomic E-state index is -0.898. The lowest BCUT2D eigenvalue weighted by molar-refractivity contribution is -0.144. The van der Waals surface area contributed by atoms with Gasteiger partial charge in [0.05, 0.1) is 23.7 Å². The van der Waals surface area contributed by atoms with Gasteiger partial charge in [0.25, 0.3) is 5.91 Å². The number of fused-ring (bicyclic) bond motifs is 1. The summed E-state index contributed by atoms with van der Waals surface area (Å²) in [6, 6.07) is 20.9. The topological polar surface area (TPSA) is 239 Å². The number of likely N-dealkylation sites (tertiary alicyclic amines) is 1. The fraction of sp³-hybridized carbons (Fsp3) is 0.484. The van der Waals surface area contributed by atoms with Gasteiger partial charge >= 0.3 is 0 Å². The number of hydrogen-bond acceptors (Lipinski definition) is 13. The van der Waals surface area contributed by atoms with Crippen molar-refractivity contribution in [1.29, 1.82) is 0 Å². The summed E-state index contributed by atoms with van der Waals surface area (Å²) in [7, 11) is 0. The number of β-amino-alcohol motifs (C(OH)–C–C–N with tert-alkyl or cyclic N) is 1. The van der Waals surface area contributed by atoms with Gasteiger partial charge in [-0.1, -0.05) is 70.4 Å². The van der Waals surface area contributed by atoms with Crippen LogP contribution in [0.3, 0.4) is 0 Å². The Morgan fingerprint density at radius 3 is 2.24 bits per heavy atom. The van der Waals surface area contributed by atoms with Gasteiger partial charge in [0.2, 0.25) is 23.6 Å². The number of carbonyl (C=O) groups excluding carboxylic acids is 5. The third-order valence-corrected chi connectivity index (χ3v) is 16.5. The summed E-state index contributed by atoms with van der Waals surface area (Å²) in [4.78, 5) is 74.8. The van der Waals surface area contributed by atoms with E-state index in [4.69, 9.17) is 10.5 Å². The largest absolute Gasteiger partial charge is 0.401 e. The Kier molecular flexibility index (Phi) is 21.6. The summed E-state index contributed by atoms with van der Waals surface area (Å²) in [5.41, 5.74) is 12.1. The Morgan fingerprint density at radius 1 is 0.843 bits per heavy atom. The number of rotatable bonds is 24. The van der Waals surface area contributed by atoms with E-state index in [2.05, 4.69) is 46.6 Å². The maximum absolute atomic E-state index is 14.1. The molecule has 18 nitrogen and oxygen atoms in total. The predicted octanol–water partition coefficient (Wildman–Crippen LogP) is 7.67. The molecular weight excluding hydrogens is 1080 g/mol. The van der Waals surface area contributed by atoms with E-state index in [-0.39, 0.29) is 62.1 Å². The Bertz CT molecular complexity index is 3080. The second-order valence-electron chi connectivity index (χ2n) is 23.1. The smallest absolute Gasteiger partial charge is 0.258 e. The van der Waals surface area contributed by atoms with Gasteiger partial charge in [-0.25, -0.2) is 8.78 Å². The molecule has 3 fully saturated rings. The van der Waals surface area contributed by atoms with E-state index in [1.54, 1.807) is 11.8 Å². The molecule has 4 aromatic carbocycles. The number of aromatic amines is 1. The van der Waals surface area contributed by atoms with Crippen LogP contribution in [0.2, 0.25) is 0 Å². The molecule has 9 N–H and O–H groups in total. The standard InChI is InChI=1S/C62H81F2N11O7S/c1-39(65)56(83-5)43-15-12-40(13-16-43)36-67-60(80)53-35-48(76)37-75(53)61(81)57(62(2,3)4)69-54(77)11-9-7-6-8-10-22-66-55(78)38-73-23-25-74(26-24-73)47-17-18-49(52(34-47)68-46-20-27-82-28-21-46)59(79)70-58-50-32-41(14-19-51(50)71-72-58)29-42-30-44(63)33-45(64)31-42/h12-19,30-34,46,48,53,57,68,76H,6-11,20-29,35-38,65H2,1-5H3,(H,66,78)(H,67,80)(H,69,77)(H2,70,71,72,79)/b56-39-/t48-,53+,57-/m1/s1. The number of unbranched alkanes of at least 4 members (excludes halogenated alkanes) is 4. The van der Waals surface area contributed by atoms with Crippen LogP contribution in [0, 0.1) is 17.0 Å². The molecule has 3 aliphatic rings. The normalized spacial score (nSPS) is 17.7. The Hall–Kier alpha value is -7.07. The number of aromatic nitrogens is 2. The maximum atomic E-state index is 14.1. The van der Waals surface area contributed by atoms with Gasteiger partial charge in [0.15, 0.2) is 5.82 Å². The SMILES string of the molecule is CS/C(=C(/C)N)c1ccc(CNC(=O)[C@@H]2C[C@@H](O)CN2C(=O)[C@@H](NC(=O)CCCCCCCNC(=O)CN2CCN(c3ccc(C(=O)Nc4n[nH]c5ccc(Cc6cc(F)cc(F)c6)cc45)c(NC4CCOCC4)c3)CC2)C(C)(C)C)cc1. The number of aliphatic hydroxyl groups is 1. The predicted molar refractivity (Wildman–Crippen MR) is 323 cm³/mol. The number of anilines is 3. The number of H-pyrrole nitrogens is 1. The first-order valence-corrected chi connectivity index (χ1v) is 30.1. The number of amides is 5. The lowest BCUT2D eigenvalue weighted by Crippen LogP contribution is -2.57. The van der Waals surface area contributed by atoms with Gasteiger partial charge in [0, 0.05) is 111 Å². The fourth-order valence-electron chi connectivity index (χ4n) is 11.0. The highest BCUT2D eigenvalue weighted by Crippen LogP contribution is 2.32. The van der Waals surface area contributed by atoms with Crippen LogP contribution >= 0.6 is 11.8 Å². The number of nitrogens with two attached hydrogens (primary N) is 1. The van der Waals surface area contributed by atoms with E-state index in [0.29, 0.717) is 92.3 Å². The summed E-state index contributed by atoms with van der Waals surface area (Å²) < 4.78 is 33.5. The van der Waals surface area contributed by atoms with Crippen LogP contribution in [0.15, 0.2) is 84.6 Å². The molecule has 0 bridgehead atoms. The van der Waals surface area contributed by atoms with Gasteiger partial charge in [-0.05, 0) is 115 Å². The molecule has 8 rings (SSSR count). The van der Waals surface area contributed by atoms with Crippen molar-refractivity contribution in [2.24, 2.45) is 11.1 Å². The average molecular weight is 1160 g/mol. The number of nitrogens with zero attached hydrogens (tertiary/aromatic N) is 4. The van der Waals surface area contributed by atoms with Crippen molar-refractivity contribution < 1.29 is 42.6 Å². The lowest BCUT2D eigenvalue weighted by Gasteiger charge is -2.36. The van der Waals surface area contributed by atoms with E-state index in [0.717, 1.165) is 77.6 Å². The molecule has 1 aromatic heterocycles. The van der Waals surface area contributed by atoms with Crippen LogP contribution in [0.4, 0.5) is 26.0 Å². The Balaban J connectivity index is 0.738. The molecule has 4 heterocycles. The molecule has 0 spiro atoms. The highest BCUT2D eigenvalue weighted by Gasteiger charge is 2.44. The third-order valence-electron chi connectivity index (χ3n) is 15.6. The summed E-state index contributed by atoms with van der Waals surface area (Å²) in [6.07, 6.45) is 7.35. The van der Waals surface area contributed by atoms with Gasteiger partial charge in [0.1, 0.15) is 23.7 Å². The summed E-state index contributed by atoms with van der Waals surface area (Å²) in [5, 5.41) is 34.2. The second-order valence-corrected chi connectivity index (χ2v) is 24.0. The number of halogens is 2. The van der Waals surface area contributed by atoms with Crippen LogP contribution in [0.1, 0.15) is 118 Å². The maximum Gasteiger partial charge on any atom is 0.258 e. The molecule has 0 radical (unpaired) electrons. The molecule has 3 atom stereocenters.